The van der Waals surface area contributed by atoms with Gasteiger partial charge >= 0.3 is 19.2 Å². The molecule has 2 N–H and O–H groups in total. The molecular formula is C13H30N2O7SSi. The second-order valence-electron chi connectivity index (χ2n) is 4.99. The zero-order valence-corrected chi connectivity index (χ0v) is 16.8. The van der Waals surface area contributed by atoms with Crippen LogP contribution in [0.5, 0.6) is 0 Å². The lowest BCUT2D eigenvalue weighted by Crippen LogP contribution is -2.61. The van der Waals surface area contributed by atoms with Crippen LogP contribution in [0.4, 0.5) is 0 Å². The molecule has 0 bridgehead atoms. The van der Waals surface area contributed by atoms with Gasteiger partial charge < -0.3 is 23.1 Å². The molecule has 0 radical (unpaired) electrons. The predicted octanol–water partition coefficient (Wildman–Crippen LogP) is 1.38. The van der Waals surface area contributed by atoms with E-state index in [0.717, 1.165) is 13.1 Å². The smallest absolute Gasteiger partial charge is 0.373 e. The maximum absolute atomic E-state index is 8.74. The van der Waals surface area contributed by atoms with Crippen LogP contribution in [0.15, 0.2) is 12.4 Å². The van der Waals surface area contributed by atoms with E-state index >= 15 is 0 Å². The molecule has 24 heavy (non-hydrogen) atoms. The third-order valence-corrected chi connectivity index (χ3v) is 6.76. The summed E-state index contributed by atoms with van der Waals surface area (Å²) < 4.78 is 49.6. The van der Waals surface area contributed by atoms with Gasteiger partial charge in [-0.25, -0.2) is 0 Å². The molecule has 0 aliphatic carbocycles. The first-order chi connectivity index (χ1) is 11.1. The molecule has 0 saturated carbocycles. The lowest BCUT2D eigenvalue weighted by atomic mass is 10.4. The molecule has 1 atom stereocenters. The van der Waals surface area contributed by atoms with Crippen molar-refractivity contribution in [1.29, 1.82) is 0 Å². The van der Waals surface area contributed by atoms with Gasteiger partial charge in [-0.3, -0.25) is 9.11 Å². The minimum absolute atomic E-state index is 0.175. The van der Waals surface area contributed by atoms with Gasteiger partial charge in [-0.1, -0.05) is 6.92 Å². The van der Waals surface area contributed by atoms with Crippen LogP contribution in [0.1, 0.15) is 34.1 Å². The van der Waals surface area contributed by atoms with E-state index in [1.165, 1.54) is 0 Å². The van der Waals surface area contributed by atoms with Crippen LogP contribution in [0.3, 0.4) is 0 Å². The molecule has 144 valence electrons. The first-order valence-corrected chi connectivity index (χ1v) is 11.1. The van der Waals surface area contributed by atoms with E-state index in [1.54, 1.807) is 0 Å². The second kappa shape index (κ2) is 11.0. The van der Waals surface area contributed by atoms with Crippen molar-refractivity contribution in [3.8, 4) is 0 Å². The highest BCUT2D eigenvalue weighted by Crippen LogP contribution is 2.25. The largest absolute Gasteiger partial charge is 0.524 e. The van der Waals surface area contributed by atoms with E-state index in [9.17, 15) is 0 Å². The highest BCUT2D eigenvalue weighted by molar-refractivity contribution is 7.79. The molecule has 0 aromatic carbocycles. The van der Waals surface area contributed by atoms with E-state index in [2.05, 4.69) is 36.2 Å². The Morgan fingerprint density at radius 3 is 1.71 bits per heavy atom. The molecule has 0 aromatic heterocycles. The number of hydrogen-bond donors (Lipinski definition) is 2. The van der Waals surface area contributed by atoms with Crippen molar-refractivity contribution in [3.63, 3.8) is 0 Å². The van der Waals surface area contributed by atoms with Crippen LogP contribution in [0.25, 0.3) is 0 Å². The van der Waals surface area contributed by atoms with Gasteiger partial charge in [-0.15, -0.1) is 0 Å². The monoisotopic (exact) mass is 386 g/mol. The first kappa shape index (κ1) is 23.3. The topological polar surface area (TPSA) is 109 Å². The fraction of sp³-hybridized carbons (Fsp3) is 0.846. The second-order valence-corrected chi connectivity index (χ2v) is 8.62. The Hall–Kier alpha value is -0.693. The molecule has 1 aliphatic rings. The summed E-state index contributed by atoms with van der Waals surface area (Å²) in [4.78, 5) is 4.42. The molecule has 1 rings (SSSR count). The number of rotatable bonds is 9. The summed E-state index contributed by atoms with van der Waals surface area (Å²) in [6.07, 6.45) is 5.13. The molecule has 0 amide bonds. The standard InChI is InChI=1S/C13H28N2O3Si.H2O4S/c1-6-13(15-11-10-14(5)12-15)19(16-7-2,17-8-3)18-9-4;1-5(2,3)4/h10-11,13H,6-9,12H2,1-5H3;(H2,1,2,3,4). The molecule has 1 aliphatic heterocycles. The summed E-state index contributed by atoms with van der Waals surface area (Å²) in [6.45, 7) is 10.9. The Kier molecular flexibility index (Phi) is 10.7. The zero-order chi connectivity index (χ0) is 18.8. The molecule has 1 unspecified atom stereocenters. The summed E-state index contributed by atoms with van der Waals surface area (Å²) in [5, 5.41) is 0. The lowest BCUT2D eigenvalue weighted by molar-refractivity contribution is 0.0401. The van der Waals surface area contributed by atoms with E-state index in [4.69, 9.17) is 30.8 Å². The molecule has 0 spiro atoms. The van der Waals surface area contributed by atoms with E-state index in [1.807, 2.05) is 20.8 Å². The Morgan fingerprint density at radius 1 is 1.04 bits per heavy atom. The molecule has 0 saturated heterocycles. The number of hydrogen-bond acceptors (Lipinski definition) is 7. The van der Waals surface area contributed by atoms with Crippen LogP contribution in [-0.4, -0.2) is 75.3 Å². The van der Waals surface area contributed by atoms with Crippen LogP contribution in [0.2, 0.25) is 0 Å². The van der Waals surface area contributed by atoms with Crippen molar-refractivity contribution in [2.45, 2.75) is 39.8 Å². The average Bonchev–Trinajstić information content (AvgIpc) is 2.85. The maximum atomic E-state index is 8.74. The van der Waals surface area contributed by atoms with Gasteiger partial charge in [0.25, 0.3) is 0 Å². The Balaban J connectivity index is 0.000000922. The molecular weight excluding hydrogens is 356 g/mol. The van der Waals surface area contributed by atoms with Crippen LogP contribution in [-0.2, 0) is 23.7 Å². The highest BCUT2D eigenvalue weighted by atomic mass is 32.3. The van der Waals surface area contributed by atoms with Gasteiger partial charge in [0.2, 0.25) is 0 Å². The van der Waals surface area contributed by atoms with Crippen molar-refractivity contribution in [2.24, 2.45) is 0 Å². The lowest BCUT2D eigenvalue weighted by Gasteiger charge is -2.39. The fourth-order valence-corrected chi connectivity index (χ4v) is 5.57. The molecule has 11 heteroatoms. The Morgan fingerprint density at radius 2 is 1.46 bits per heavy atom. The minimum Gasteiger partial charge on any atom is -0.373 e. The predicted molar refractivity (Wildman–Crippen MR) is 92.5 cm³/mol. The van der Waals surface area contributed by atoms with Crippen LogP contribution >= 0.6 is 0 Å². The summed E-state index contributed by atoms with van der Waals surface area (Å²) in [7, 11) is -5.27. The van der Waals surface area contributed by atoms with E-state index in [0.29, 0.717) is 19.8 Å². The van der Waals surface area contributed by atoms with Gasteiger partial charge in [0, 0.05) is 39.3 Å². The van der Waals surface area contributed by atoms with Crippen molar-refractivity contribution >= 4 is 19.2 Å². The maximum Gasteiger partial charge on any atom is 0.524 e. The summed E-state index contributed by atoms with van der Waals surface area (Å²) in [5.41, 5.74) is 0.175. The minimum atomic E-state index is -4.67. The van der Waals surface area contributed by atoms with Gasteiger partial charge in [-0.2, -0.15) is 8.42 Å². The van der Waals surface area contributed by atoms with Gasteiger partial charge in [0.15, 0.2) is 0 Å². The average molecular weight is 387 g/mol. The molecule has 9 nitrogen and oxygen atoms in total. The first-order valence-electron chi connectivity index (χ1n) is 7.89. The van der Waals surface area contributed by atoms with Crippen molar-refractivity contribution in [1.82, 2.24) is 9.80 Å². The van der Waals surface area contributed by atoms with E-state index < -0.39 is 19.2 Å². The summed E-state index contributed by atoms with van der Waals surface area (Å²) in [5.74, 6) is 0. The molecule has 0 fully saturated rings. The fourth-order valence-electron chi connectivity index (χ4n) is 2.46. The summed E-state index contributed by atoms with van der Waals surface area (Å²) >= 11 is 0. The van der Waals surface area contributed by atoms with Gasteiger partial charge in [-0.05, 0) is 27.2 Å². The van der Waals surface area contributed by atoms with Gasteiger partial charge in [0.05, 0.1) is 12.3 Å². The third kappa shape index (κ3) is 8.42. The van der Waals surface area contributed by atoms with E-state index in [-0.39, 0.29) is 5.67 Å². The summed E-state index contributed by atoms with van der Waals surface area (Å²) in [6, 6.07) is 0. The molecule has 0 aromatic rings. The Labute approximate surface area is 146 Å². The highest BCUT2D eigenvalue weighted by Gasteiger charge is 2.51. The zero-order valence-electron chi connectivity index (χ0n) is 15.0. The normalized spacial score (nSPS) is 16.1. The molecule has 1 heterocycles. The van der Waals surface area contributed by atoms with Gasteiger partial charge in [0.1, 0.15) is 0 Å². The van der Waals surface area contributed by atoms with Crippen LogP contribution < -0.4 is 0 Å². The van der Waals surface area contributed by atoms with Crippen molar-refractivity contribution < 1.29 is 30.8 Å². The quantitative estimate of drug-likeness (QED) is 0.448. The third-order valence-electron chi connectivity index (χ3n) is 3.13. The number of nitrogens with zero attached hydrogens (tertiary/aromatic N) is 2. The Bertz CT molecular complexity index is 450. The van der Waals surface area contributed by atoms with Crippen LogP contribution in [0, 0.1) is 0 Å². The van der Waals surface area contributed by atoms with Crippen molar-refractivity contribution in [2.75, 3.05) is 33.5 Å². The van der Waals surface area contributed by atoms with Crippen molar-refractivity contribution in [3.05, 3.63) is 12.4 Å². The SMILES string of the molecule is CCO[Si](OCC)(OCC)C(CC)N1C=CN(C)C1.O=S(=O)(O)O.